The molecule has 6 nitrogen and oxygen atoms in total. The van der Waals surface area contributed by atoms with Crippen molar-refractivity contribution in [3.63, 3.8) is 0 Å². The van der Waals surface area contributed by atoms with E-state index in [9.17, 15) is 22.8 Å². The van der Waals surface area contributed by atoms with Crippen LogP contribution in [0.2, 0.25) is 0 Å². The minimum absolute atomic E-state index is 0.215. The number of hydrogen-bond donors (Lipinski definition) is 1. The molecule has 0 spiro atoms. The van der Waals surface area contributed by atoms with Crippen molar-refractivity contribution in [1.82, 2.24) is 15.1 Å². The Labute approximate surface area is 224 Å². The van der Waals surface area contributed by atoms with Gasteiger partial charge in [0.1, 0.15) is 5.69 Å². The number of carbonyl (C=O) groups is 2. The monoisotopic (exact) mass is 537 g/mol. The zero-order valence-electron chi connectivity index (χ0n) is 22.2. The molecular formula is C30H30F3N3O3. The lowest BCUT2D eigenvalue weighted by Crippen LogP contribution is -2.29. The van der Waals surface area contributed by atoms with Gasteiger partial charge >= 0.3 is 12.1 Å². The fourth-order valence-electron chi connectivity index (χ4n) is 4.51. The first-order chi connectivity index (χ1) is 18.5. The molecule has 0 fully saturated rings. The van der Waals surface area contributed by atoms with Gasteiger partial charge in [0.15, 0.2) is 0 Å². The van der Waals surface area contributed by atoms with Crippen molar-refractivity contribution in [2.75, 3.05) is 7.11 Å². The first kappa shape index (κ1) is 27.9. The maximum Gasteiger partial charge on any atom is 0.416 e. The molecule has 1 atom stereocenters. The largest absolute Gasteiger partial charge is 0.465 e. The lowest BCUT2D eigenvalue weighted by Gasteiger charge is -2.17. The Morgan fingerprint density at radius 3 is 2.23 bits per heavy atom. The van der Waals surface area contributed by atoms with Gasteiger partial charge in [0.25, 0.3) is 5.91 Å². The number of amides is 1. The van der Waals surface area contributed by atoms with Crippen molar-refractivity contribution in [2.24, 2.45) is 5.92 Å². The Morgan fingerprint density at radius 1 is 0.974 bits per heavy atom. The molecule has 1 amide bonds. The Morgan fingerprint density at radius 2 is 1.64 bits per heavy atom. The van der Waals surface area contributed by atoms with E-state index < -0.39 is 17.7 Å². The van der Waals surface area contributed by atoms with Crippen molar-refractivity contribution in [3.05, 3.63) is 100 Å². The topological polar surface area (TPSA) is 73.2 Å². The molecule has 0 aliphatic carbocycles. The van der Waals surface area contributed by atoms with E-state index in [1.54, 1.807) is 28.9 Å². The van der Waals surface area contributed by atoms with E-state index in [0.29, 0.717) is 40.7 Å². The van der Waals surface area contributed by atoms with Crippen molar-refractivity contribution in [1.29, 1.82) is 0 Å². The summed E-state index contributed by atoms with van der Waals surface area (Å²) in [5, 5.41) is 8.41. The third kappa shape index (κ3) is 6.30. The van der Waals surface area contributed by atoms with Crippen molar-refractivity contribution in [2.45, 2.75) is 46.0 Å². The van der Waals surface area contributed by atoms with Crippen LogP contribution in [-0.4, -0.2) is 28.8 Å². The van der Waals surface area contributed by atoms with Crippen molar-refractivity contribution < 1.29 is 27.5 Å². The molecule has 0 bridgehead atoms. The van der Waals surface area contributed by atoms with Gasteiger partial charge in [-0.25, -0.2) is 4.79 Å². The normalized spacial score (nSPS) is 12.5. The number of aromatic nitrogens is 2. The molecule has 0 saturated heterocycles. The first-order valence-electron chi connectivity index (χ1n) is 12.6. The number of esters is 1. The van der Waals surface area contributed by atoms with E-state index in [0.717, 1.165) is 23.3 Å². The van der Waals surface area contributed by atoms with Crippen LogP contribution < -0.4 is 5.32 Å². The molecule has 39 heavy (non-hydrogen) atoms. The number of hydrogen-bond acceptors (Lipinski definition) is 4. The summed E-state index contributed by atoms with van der Waals surface area (Å²) in [6, 6.07) is 17.0. The summed E-state index contributed by atoms with van der Waals surface area (Å²) in [5.74, 6) is -0.544. The van der Waals surface area contributed by atoms with Crippen LogP contribution in [0.15, 0.2) is 66.7 Å². The summed E-state index contributed by atoms with van der Waals surface area (Å²) in [6.45, 7) is 6.42. The SMILES string of the molecule is COC(=O)c1ccc(C(C)NC(=O)c2c3c(Cc4ccc(C(F)(F)F)cc4)cccc3nn2CC(C)C)cc1. The highest BCUT2D eigenvalue weighted by Crippen LogP contribution is 2.31. The number of rotatable bonds is 8. The summed E-state index contributed by atoms with van der Waals surface area (Å²) < 4.78 is 45.5. The van der Waals surface area contributed by atoms with Crippen LogP contribution in [0.4, 0.5) is 13.2 Å². The molecule has 4 aromatic rings. The molecule has 1 unspecified atom stereocenters. The third-order valence-corrected chi connectivity index (χ3v) is 6.46. The predicted molar refractivity (Wildman–Crippen MR) is 142 cm³/mol. The summed E-state index contributed by atoms with van der Waals surface area (Å²) >= 11 is 0. The van der Waals surface area contributed by atoms with Crippen LogP contribution in [-0.2, 0) is 23.9 Å². The van der Waals surface area contributed by atoms with E-state index in [4.69, 9.17) is 9.84 Å². The number of methoxy groups -OCH3 is 1. The van der Waals surface area contributed by atoms with Crippen molar-refractivity contribution >= 4 is 22.8 Å². The number of fused-ring (bicyclic) bond motifs is 1. The van der Waals surface area contributed by atoms with Crippen LogP contribution in [0.25, 0.3) is 10.9 Å². The highest BCUT2D eigenvalue weighted by Gasteiger charge is 2.30. The molecule has 4 rings (SSSR count). The molecule has 0 radical (unpaired) electrons. The molecule has 9 heteroatoms. The van der Waals surface area contributed by atoms with Gasteiger partial charge in [-0.3, -0.25) is 9.48 Å². The van der Waals surface area contributed by atoms with E-state index in [1.807, 2.05) is 39.0 Å². The van der Waals surface area contributed by atoms with Gasteiger partial charge in [-0.2, -0.15) is 18.3 Å². The van der Waals surface area contributed by atoms with Gasteiger partial charge < -0.3 is 10.1 Å². The Bertz CT molecular complexity index is 1470. The molecule has 0 aliphatic rings. The van der Waals surface area contributed by atoms with E-state index in [1.165, 1.54) is 19.2 Å². The van der Waals surface area contributed by atoms with Crippen LogP contribution >= 0.6 is 0 Å². The highest BCUT2D eigenvalue weighted by atomic mass is 19.4. The number of ether oxygens (including phenoxy) is 1. The second-order valence-electron chi connectivity index (χ2n) is 9.92. The number of nitrogens with zero attached hydrogens (tertiary/aromatic N) is 2. The standard InChI is InChI=1S/C30H30F3N3O3/c1-18(2)17-36-27(28(37)34-19(3)21-10-12-22(13-11-21)29(38)39-4)26-23(6-5-7-25(26)35-36)16-20-8-14-24(15-9-20)30(31,32)33/h5-15,18-19H,16-17H2,1-4H3,(H,34,37). The molecule has 0 saturated carbocycles. The quantitative estimate of drug-likeness (QED) is 0.258. The summed E-state index contributed by atoms with van der Waals surface area (Å²) in [5.41, 5.74) is 3.04. The van der Waals surface area contributed by atoms with E-state index >= 15 is 0 Å². The Hall–Kier alpha value is -4.14. The molecule has 1 heterocycles. The maximum atomic E-state index is 13.7. The van der Waals surface area contributed by atoms with Crippen LogP contribution in [0.3, 0.4) is 0 Å². The van der Waals surface area contributed by atoms with Gasteiger partial charge in [-0.1, -0.05) is 50.2 Å². The summed E-state index contributed by atoms with van der Waals surface area (Å²) in [7, 11) is 1.32. The fourth-order valence-corrected chi connectivity index (χ4v) is 4.51. The number of benzene rings is 3. The van der Waals surface area contributed by atoms with Crippen molar-refractivity contribution in [3.8, 4) is 0 Å². The molecular weight excluding hydrogens is 507 g/mol. The second kappa shape index (κ2) is 11.3. The fraction of sp³-hybridized carbons (Fsp3) is 0.300. The first-order valence-corrected chi connectivity index (χ1v) is 12.6. The minimum atomic E-state index is -4.40. The second-order valence-corrected chi connectivity index (χ2v) is 9.92. The number of carbonyl (C=O) groups excluding carboxylic acids is 2. The lowest BCUT2D eigenvalue weighted by molar-refractivity contribution is -0.137. The average molecular weight is 538 g/mol. The lowest BCUT2D eigenvalue weighted by atomic mass is 9.98. The Balaban J connectivity index is 1.68. The zero-order chi connectivity index (χ0) is 28.3. The maximum absolute atomic E-state index is 13.7. The zero-order valence-corrected chi connectivity index (χ0v) is 22.2. The highest BCUT2D eigenvalue weighted by molar-refractivity contribution is 6.06. The van der Waals surface area contributed by atoms with Gasteiger partial charge in [0.05, 0.1) is 29.8 Å². The minimum Gasteiger partial charge on any atom is -0.465 e. The van der Waals surface area contributed by atoms with Crippen LogP contribution in [0, 0.1) is 5.92 Å². The summed E-state index contributed by atoms with van der Waals surface area (Å²) in [4.78, 5) is 25.5. The molecule has 0 aliphatic heterocycles. The molecule has 3 aromatic carbocycles. The van der Waals surface area contributed by atoms with E-state index in [-0.39, 0.29) is 17.9 Å². The number of nitrogens with one attached hydrogen (secondary N) is 1. The van der Waals surface area contributed by atoms with Crippen LogP contribution in [0.5, 0.6) is 0 Å². The number of alkyl halides is 3. The van der Waals surface area contributed by atoms with Gasteiger partial charge in [0, 0.05) is 11.9 Å². The van der Waals surface area contributed by atoms with Gasteiger partial charge in [0.2, 0.25) is 0 Å². The molecule has 1 aromatic heterocycles. The molecule has 1 N–H and O–H groups in total. The smallest absolute Gasteiger partial charge is 0.416 e. The van der Waals surface area contributed by atoms with Gasteiger partial charge in [-0.15, -0.1) is 0 Å². The average Bonchev–Trinajstić information content (AvgIpc) is 3.26. The predicted octanol–water partition coefficient (Wildman–Crippen LogP) is 6.58. The summed E-state index contributed by atoms with van der Waals surface area (Å²) in [6.07, 6.45) is -4.06. The third-order valence-electron chi connectivity index (χ3n) is 6.46. The number of halogens is 3. The van der Waals surface area contributed by atoms with Crippen LogP contribution in [0.1, 0.15) is 69.9 Å². The molecule has 204 valence electrons. The van der Waals surface area contributed by atoms with E-state index in [2.05, 4.69) is 5.32 Å². The van der Waals surface area contributed by atoms with Gasteiger partial charge in [-0.05, 0) is 66.3 Å². The Kier molecular flexibility index (Phi) is 8.09.